The maximum Gasteiger partial charge on any atom is 0.236 e. The fourth-order valence-corrected chi connectivity index (χ4v) is 4.91. The monoisotopic (exact) mass is 461 g/mol. The van der Waals surface area contributed by atoms with Gasteiger partial charge >= 0.3 is 0 Å². The number of thioether (sulfide) groups is 1. The molecule has 0 aliphatic carbocycles. The summed E-state index contributed by atoms with van der Waals surface area (Å²) in [5.41, 5.74) is 4.07. The molecule has 0 atom stereocenters. The van der Waals surface area contributed by atoms with Crippen LogP contribution in [0.25, 0.3) is 22.6 Å². The molecule has 4 aromatic rings. The van der Waals surface area contributed by atoms with Crippen LogP contribution in [0.3, 0.4) is 0 Å². The first kappa shape index (κ1) is 22.0. The van der Waals surface area contributed by atoms with Gasteiger partial charge in [0.05, 0.1) is 11.4 Å². The van der Waals surface area contributed by atoms with Crippen LogP contribution in [0.4, 0.5) is 5.13 Å². The van der Waals surface area contributed by atoms with Crippen molar-refractivity contribution in [2.24, 2.45) is 0 Å². The Morgan fingerprint density at radius 1 is 1.12 bits per heavy atom. The van der Waals surface area contributed by atoms with Crippen molar-refractivity contribution in [2.45, 2.75) is 25.5 Å². The number of nitrogens with zero attached hydrogens (tertiary/aromatic N) is 4. The Morgan fingerprint density at radius 3 is 2.62 bits per heavy atom. The lowest BCUT2D eigenvalue weighted by atomic mass is 10.1. The molecule has 6 nitrogen and oxygen atoms in total. The minimum absolute atomic E-state index is 0.131. The number of rotatable bonds is 8. The molecular weight excluding hydrogens is 438 g/mol. The van der Waals surface area contributed by atoms with Crippen molar-refractivity contribution in [2.75, 3.05) is 11.1 Å². The number of carbonyl (C=O) groups excluding carboxylic acids is 1. The molecule has 2 heterocycles. The summed E-state index contributed by atoms with van der Waals surface area (Å²) in [6.07, 6.45) is 1.80. The average Bonchev–Trinajstić information content (AvgIpc) is 3.36. The lowest BCUT2D eigenvalue weighted by Crippen LogP contribution is -2.14. The van der Waals surface area contributed by atoms with E-state index < -0.39 is 0 Å². The highest BCUT2D eigenvalue weighted by atomic mass is 32.2. The highest BCUT2D eigenvalue weighted by Gasteiger charge is 2.17. The normalized spacial score (nSPS) is 10.8. The quantitative estimate of drug-likeness (QED) is 0.273. The molecule has 0 saturated heterocycles. The van der Waals surface area contributed by atoms with Crippen LogP contribution in [0.1, 0.15) is 10.4 Å². The Morgan fingerprint density at radius 2 is 1.88 bits per heavy atom. The molecule has 0 aliphatic rings. The SMILES string of the molecule is C=CCn1c(SCC(=O)Nc2nc(-c3ccccc3)c(C)s2)nnc1-c1ccccc1C. The molecule has 0 radical (unpaired) electrons. The number of nitrogens with one attached hydrogen (secondary N) is 1. The van der Waals surface area contributed by atoms with Gasteiger partial charge in [0.2, 0.25) is 5.91 Å². The summed E-state index contributed by atoms with van der Waals surface area (Å²) in [6.45, 7) is 8.46. The van der Waals surface area contributed by atoms with Gasteiger partial charge in [-0.1, -0.05) is 72.4 Å². The number of benzene rings is 2. The summed E-state index contributed by atoms with van der Waals surface area (Å²) in [4.78, 5) is 18.3. The Bertz CT molecular complexity index is 1250. The van der Waals surface area contributed by atoms with Gasteiger partial charge in [-0.25, -0.2) is 4.98 Å². The van der Waals surface area contributed by atoms with E-state index in [2.05, 4.69) is 27.1 Å². The topological polar surface area (TPSA) is 72.7 Å². The molecule has 4 rings (SSSR count). The van der Waals surface area contributed by atoms with Gasteiger partial charge in [-0.05, 0) is 19.4 Å². The van der Waals surface area contributed by atoms with E-state index in [0.29, 0.717) is 16.8 Å². The van der Waals surface area contributed by atoms with E-state index in [1.807, 2.05) is 73.0 Å². The maximum atomic E-state index is 12.6. The number of thiazole rings is 1. The van der Waals surface area contributed by atoms with E-state index in [4.69, 9.17) is 0 Å². The Kier molecular flexibility index (Phi) is 6.82. The lowest BCUT2D eigenvalue weighted by molar-refractivity contribution is -0.113. The highest BCUT2D eigenvalue weighted by molar-refractivity contribution is 7.99. The van der Waals surface area contributed by atoms with Crippen LogP contribution in [-0.4, -0.2) is 31.4 Å². The van der Waals surface area contributed by atoms with Crippen LogP contribution in [0.15, 0.2) is 72.4 Å². The summed E-state index contributed by atoms with van der Waals surface area (Å²) in [6, 6.07) is 18.0. The number of allylic oxidation sites excluding steroid dienone is 1. The number of hydrogen-bond acceptors (Lipinski definition) is 6. The summed E-state index contributed by atoms with van der Waals surface area (Å²) in [5, 5.41) is 12.9. The number of amides is 1. The molecule has 162 valence electrons. The summed E-state index contributed by atoms with van der Waals surface area (Å²) >= 11 is 2.82. The molecule has 0 aliphatic heterocycles. The Balaban J connectivity index is 1.46. The van der Waals surface area contributed by atoms with Crippen molar-refractivity contribution < 1.29 is 4.79 Å². The Labute approximate surface area is 195 Å². The third-order valence-corrected chi connectivity index (χ3v) is 6.69. The zero-order valence-electron chi connectivity index (χ0n) is 17.9. The van der Waals surface area contributed by atoms with Crippen molar-refractivity contribution in [3.8, 4) is 22.6 Å². The van der Waals surface area contributed by atoms with Gasteiger partial charge < -0.3 is 5.32 Å². The fourth-order valence-electron chi connectivity index (χ4n) is 3.31. The zero-order valence-corrected chi connectivity index (χ0v) is 19.5. The van der Waals surface area contributed by atoms with Crippen LogP contribution in [0.2, 0.25) is 0 Å². The molecular formula is C24H23N5OS2. The molecule has 1 N–H and O–H groups in total. The smallest absolute Gasteiger partial charge is 0.236 e. The minimum Gasteiger partial charge on any atom is -0.301 e. The molecule has 2 aromatic heterocycles. The largest absolute Gasteiger partial charge is 0.301 e. The third kappa shape index (κ3) is 4.81. The second-order valence-electron chi connectivity index (χ2n) is 7.15. The van der Waals surface area contributed by atoms with Crippen LogP contribution < -0.4 is 5.32 Å². The summed E-state index contributed by atoms with van der Waals surface area (Å²) in [7, 11) is 0. The first-order valence-corrected chi connectivity index (χ1v) is 11.9. The standard InChI is InChI=1S/C24H23N5OS2/c1-4-14-29-22(19-13-9-8-10-16(19)2)27-28-24(29)31-15-20(30)25-23-26-21(17(3)32-23)18-11-6-5-7-12-18/h4-13H,1,14-15H2,2-3H3,(H,25,26,30). The van der Waals surface area contributed by atoms with E-state index >= 15 is 0 Å². The van der Waals surface area contributed by atoms with Crippen molar-refractivity contribution in [3.63, 3.8) is 0 Å². The van der Waals surface area contributed by atoms with Crippen LogP contribution in [-0.2, 0) is 11.3 Å². The number of aromatic nitrogens is 4. The maximum absolute atomic E-state index is 12.6. The van der Waals surface area contributed by atoms with Gasteiger partial charge in [0.1, 0.15) is 0 Å². The molecule has 32 heavy (non-hydrogen) atoms. The number of carbonyl (C=O) groups is 1. The number of anilines is 1. The van der Waals surface area contributed by atoms with Crippen molar-refractivity contribution in [1.29, 1.82) is 0 Å². The predicted octanol–water partition coefficient (Wildman–Crippen LogP) is 5.60. The first-order valence-electron chi connectivity index (χ1n) is 10.1. The zero-order chi connectivity index (χ0) is 22.5. The molecule has 1 amide bonds. The molecule has 0 unspecified atom stereocenters. The van der Waals surface area contributed by atoms with Gasteiger partial charge in [0.15, 0.2) is 16.1 Å². The van der Waals surface area contributed by atoms with Gasteiger partial charge in [0.25, 0.3) is 0 Å². The molecule has 0 bridgehead atoms. The van der Waals surface area contributed by atoms with Crippen LogP contribution >= 0.6 is 23.1 Å². The van der Waals surface area contributed by atoms with E-state index in [0.717, 1.165) is 33.1 Å². The van der Waals surface area contributed by atoms with Gasteiger partial charge in [-0.15, -0.1) is 28.1 Å². The second kappa shape index (κ2) is 9.93. The third-order valence-electron chi connectivity index (χ3n) is 4.84. The predicted molar refractivity (Wildman–Crippen MR) is 132 cm³/mol. The fraction of sp³-hybridized carbons (Fsp3) is 0.167. The van der Waals surface area contributed by atoms with E-state index in [1.165, 1.54) is 23.1 Å². The van der Waals surface area contributed by atoms with Gasteiger partial charge in [-0.3, -0.25) is 9.36 Å². The van der Waals surface area contributed by atoms with E-state index in [-0.39, 0.29) is 11.7 Å². The van der Waals surface area contributed by atoms with E-state index in [9.17, 15) is 4.79 Å². The second-order valence-corrected chi connectivity index (χ2v) is 9.29. The lowest BCUT2D eigenvalue weighted by Gasteiger charge is -2.09. The molecule has 2 aromatic carbocycles. The number of hydrogen-bond donors (Lipinski definition) is 1. The highest BCUT2D eigenvalue weighted by Crippen LogP contribution is 2.31. The van der Waals surface area contributed by atoms with Crippen LogP contribution in [0, 0.1) is 13.8 Å². The number of aryl methyl sites for hydroxylation is 2. The van der Waals surface area contributed by atoms with Crippen molar-refractivity contribution in [3.05, 3.63) is 77.7 Å². The molecule has 8 heteroatoms. The Hall–Kier alpha value is -3.23. The van der Waals surface area contributed by atoms with Crippen molar-refractivity contribution in [1.82, 2.24) is 19.7 Å². The molecule has 0 fully saturated rings. The first-order chi connectivity index (χ1) is 15.6. The molecule has 0 saturated carbocycles. The van der Waals surface area contributed by atoms with Gasteiger partial charge in [-0.2, -0.15) is 0 Å². The van der Waals surface area contributed by atoms with Crippen molar-refractivity contribution >= 4 is 34.1 Å². The average molecular weight is 462 g/mol. The molecule has 0 spiro atoms. The summed E-state index contributed by atoms with van der Waals surface area (Å²) in [5.74, 6) is 0.852. The van der Waals surface area contributed by atoms with E-state index in [1.54, 1.807) is 6.08 Å². The van der Waals surface area contributed by atoms with Gasteiger partial charge in [0, 0.05) is 22.5 Å². The summed E-state index contributed by atoms with van der Waals surface area (Å²) < 4.78 is 1.98. The van der Waals surface area contributed by atoms with Crippen LogP contribution in [0.5, 0.6) is 0 Å². The minimum atomic E-state index is -0.131.